The lowest BCUT2D eigenvalue weighted by Crippen LogP contribution is -2.50. The van der Waals surface area contributed by atoms with Gasteiger partial charge in [-0.1, -0.05) is 32.0 Å². The summed E-state index contributed by atoms with van der Waals surface area (Å²) in [6.45, 7) is 6.24. The lowest BCUT2D eigenvalue weighted by Gasteiger charge is -2.34. The molecule has 0 unspecified atom stereocenters. The fourth-order valence-corrected chi connectivity index (χ4v) is 3.89. The normalized spacial score (nSPS) is 14.7. The zero-order valence-corrected chi connectivity index (χ0v) is 22.1. The van der Waals surface area contributed by atoms with E-state index in [0.717, 1.165) is 38.2 Å². The van der Waals surface area contributed by atoms with E-state index in [9.17, 15) is 9.59 Å². The quantitative estimate of drug-likeness (QED) is 0.168. The van der Waals surface area contributed by atoms with Crippen LogP contribution in [0.4, 0.5) is 0 Å². The van der Waals surface area contributed by atoms with E-state index < -0.39 is 0 Å². The van der Waals surface area contributed by atoms with Crippen molar-refractivity contribution in [3.05, 3.63) is 30.3 Å². The number of hydrogen-bond donors (Lipinski definition) is 2. The molecule has 0 atom stereocenters. The van der Waals surface area contributed by atoms with E-state index in [1.807, 2.05) is 36.9 Å². The first kappa shape index (κ1) is 27.5. The second-order valence-corrected chi connectivity index (χ2v) is 9.11. The van der Waals surface area contributed by atoms with Crippen molar-refractivity contribution in [2.75, 3.05) is 46.0 Å². The first-order valence-corrected chi connectivity index (χ1v) is 11.6. The molecule has 2 N–H and O–H groups in total. The molecule has 1 heterocycles. The molecule has 0 spiro atoms. The first-order valence-electron chi connectivity index (χ1n) is 10.6. The predicted octanol–water partition coefficient (Wildman–Crippen LogP) is 2.67. The molecule has 2 rings (SSSR count). The third-order valence-corrected chi connectivity index (χ3v) is 5.93. The summed E-state index contributed by atoms with van der Waals surface area (Å²) in [6.07, 6.45) is 1.75. The van der Waals surface area contributed by atoms with Crippen LogP contribution < -0.4 is 10.6 Å². The van der Waals surface area contributed by atoms with Crippen LogP contribution in [0.3, 0.4) is 0 Å². The second-order valence-electron chi connectivity index (χ2n) is 7.94. The Hall–Kier alpha value is -1.49. The summed E-state index contributed by atoms with van der Waals surface area (Å²) in [5.74, 6) is 1.77. The van der Waals surface area contributed by atoms with Gasteiger partial charge in [-0.25, -0.2) is 4.99 Å². The average Bonchev–Trinajstić information content (AvgIpc) is 2.75. The van der Waals surface area contributed by atoms with Crippen LogP contribution in [-0.2, 0) is 9.59 Å². The van der Waals surface area contributed by atoms with E-state index in [-0.39, 0.29) is 54.3 Å². The fraction of sp³-hybridized carbons (Fsp3) is 0.591. The number of likely N-dealkylation sites (tertiary alicyclic amines) is 1. The zero-order chi connectivity index (χ0) is 21.9. The number of rotatable bonds is 8. The van der Waals surface area contributed by atoms with E-state index in [4.69, 9.17) is 0 Å². The largest absolute Gasteiger partial charge is 0.356 e. The van der Waals surface area contributed by atoms with Crippen molar-refractivity contribution in [3.8, 4) is 0 Å². The number of hydrogen-bond acceptors (Lipinski definition) is 4. The van der Waals surface area contributed by atoms with Crippen LogP contribution in [0, 0.1) is 5.92 Å². The average molecular weight is 562 g/mol. The van der Waals surface area contributed by atoms with Gasteiger partial charge in [0.1, 0.15) is 6.54 Å². The molecule has 1 aromatic rings. The molecule has 1 aliphatic heterocycles. The minimum atomic E-state index is -0.0351. The van der Waals surface area contributed by atoms with Crippen molar-refractivity contribution in [3.63, 3.8) is 0 Å². The molecule has 174 valence electrons. The SMILES string of the molecule is CC(C)C(=O)N1CCC(NC(=NCC(=O)N(C)C)NCCSc2ccccc2)CC1.I. The Kier molecular flexibility index (Phi) is 12.9. The number of likely N-dealkylation sites (N-methyl/N-ethyl adjacent to an activating group) is 1. The molecule has 1 aromatic carbocycles. The highest BCUT2D eigenvalue weighted by atomic mass is 127. The van der Waals surface area contributed by atoms with Gasteiger partial charge in [0, 0.05) is 56.3 Å². The van der Waals surface area contributed by atoms with E-state index in [1.54, 1.807) is 30.8 Å². The maximum Gasteiger partial charge on any atom is 0.243 e. The molecule has 9 heteroatoms. The van der Waals surface area contributed by atoms with Gasteiger partial charge in [-0.05, 0) is 25.0 Å². The molecule has 1 aliphatic rings. The van der Waals surface area contributed by atoms with Crippen molar-refractivity contribution < 1.29 is 9.59 Å². The molecule has 2 amide bonds. The van der Waals surface area contributed by atoms with Crippen LogP contribution in [0.1, 0.15) is 26.7 Å². The number of carbonyl (C=O) groups is 2. The molecule has 31 heavy (non-hydrogen) atoms. The second kappa shape index (κ2) is 14.5. The third kappa shape index (κ3) is 10.1. The van der Waals surface area contributed by atoms with Crippen LogP contribution in [0.25, 0.3) is 0 Å². The van der Waals surface area contributed by atoms with Crippen molar-refractivity contribution in [2.45, 2.75) is 37.6 Å². The van der Waals surface area contributed by atoms with Crippen LogP contribution in [0.15, 0.2) is 40.2 Å². The van der Waals surface area contributed by atoms with Crippen molar-refractivity contribution in [1.29, 1.82) is 0 Å². The molecule has 0 saturated carbocycles. The fourth-order valence-electron chi connectivity index (χ4n) is 3.10. The molecule has 1 saturated heterocycles. The highest BCUT2D eigenvalue weighted by molar-refractivity contribution is 14.0. The highest BCUT2D eigenvalue weighted by Gasteiger charge is 2.24. The van der Waals surface area contributed by atoms with E-state index >= 15 is 0 Å². The Morgan fingerprint density at radius 2 is 1.84 bits per heavy atom. The minimum Gasteiger partial charge on any atom is -0.356 e. The minimum absolute atomic E-state index is 0. The number of piperidine rings is 1. The van der Waals surface area contributed by atoms with Gasteiger partial charge < -0.3 is 20.4 Å². The Bertz CT molecular complexity index is 707. The van der Waals surface area contributed by atoms with Gasteiger partial charge in [-0.15, -0.1) is 35.7 Å². The number of carbonyl (C=O) groups excluding carboxylic acids is 2. The van der Waals surface area contributed by atoms with Gasteiger partial charge in [-0.2, -0.15) is 0 Å². The highest BCUT2D eigenvalue weighted by Crippen LogP contribution is 2.16. The summed E-state index contributed by atoms with van der Waals surface area (Å²) in [5, 5.41) is 6.81. The number of thioether (sulfide) groups is 1. The number of amides is 2. The van der Waals surface area contributed by atoms with Crippen molar-refractivity contribution in [1.82, 2.24) is 20.4 Å². The number of halogens is 1. The number of nitrogens with zero attached hydrogens (tertiary/aromatic N) is 3. The lowest BCUT2D eigenvalue weighted by atomic mass is 10.0. The number of benzene rings is 1. The summed E-state index contributed by atoms with van der Waals surface area (Å²) in [7, 11) is 3.46. The summed E-state index contributed by atoms with van der Waals surface area (Å²) in [5.41, 5.74) is 0. The molecule has 0 radical (unpaired) electrons. The van der Waals surface area contributed by atoms with Gasteiger partial charge in [0.05, 0.1) is 0 Å². The maximum absolute atomic E-state index is 12.2. The summed E-state index contributed by atoms with van der Waals surface area (Å²) >= 11 is 1.78. The van der Waals surface area contributed by atoms with Gasteiger partial charge in [0.15, 0.2) is 5.96 Å². The standard InChI is InChI=1S/C22H35N5O2S.HI/c1-17(2)21(29)27-13-10-18(11-14-27)25-22(24-16-20(28)26(3)4)23-12-15-30-19-8-6-5-7-9-19;/h5-9,17-18H,10-16H2,1-4H3,(H2,23,24,25);1H. The van der Waals surface area contributed by atoms with E-state index in [2.05, 4.69) is 27.8 Å². The van der Waals surface area contributed by atoms with E-state index in [1.165, 1.54) is 4.90 Å². The first-order chi connectivity index (χ1) is 14.4. The lowest BCUT2D eigenvalue weighted by molar-refractivity contribution is -0.135. The Morgan fingerprint density at radius 1 is 1.19 bits per heavy atom. The number of nitrogens with one attached hydrogen (secondary N) is 2. The number of aliphatic imine (C=N–C) groups is 1. The van der Waals surface area contributed by atoms with Crippen molar-refractivity contribution in [2.24, 2.45) is 10.9 Å². The smallest absolute Gasteiger partial charge is 0.243 e. The van der Waals surface area contributed by atoms with E-state index in [0.29, 0.717) is 5.96 Å². The molecule has 0 bridgehead atoms. The van der Waals surface area contributed by atoms with Crippen LogP contribution in [0.2, 0.25) is 0 Å². The molecule has 0 aromatic heterocycles. The summed E-state index contributed by atoms with van der Waals surface area (Å²) in [6, 6.07) is 10.5. The van der Waals surface area contributed by atoms with Crippen molar-refractivity contribution >= 4 is 53.5 Å². The third-order valence-electron chi connectivity index (χ3n) is 4.92. The summed E-state index contributed by atoms with van der Waals surface area (Å²) < 4.78 is 0. The molecular formula is C22H36IN5O2S. The molecule has 1 fully saturated rings. The van der Waals surface area contributed by atoms with Crippen LogP contribution in [0.5, 0.6) is 0 Å². The van der Waals surface area contributed by atoms with Gasteiger partial charge in [0.2, 0.25) is 11.8 Å². The Balaban J connectivity index is 0.00000480. The molecule has 0 aliphatic carbocycles. The van der Waals surface area contributed by atoms with Gasteiger partial charge >= 0.3 is 0 Å². The maximum atomic E-state index is 12.2. The molecule has 7 nitrogen and oxygen atoms in total. The predicted molar refractivity (Wildman–Crippen MR) is 139 cm³/mol. The zero-order valence-electron chi connectivity index (χ0n) is 19.0. The topological polar surface area (TPSA) is 77.0 Å². The van der Waals surface area contributed by atoms with Gasteiger partial charge in [0.25, 0.3) is 0 Å². The molecular weight excluding hydrogens is 525 g/mol. The summed E-state index contributed by atoms with van der Waals surface area (Å²) in [4.78, 5) is 33.3. The number of guanidine groups is 1. The van der Waals surface area contributed by atoms with Crippen LogP contribution in [-0.4, -0.2) is 79.6 Å². The van der Waals surface area contributed by atoms with Gasteiger partial charge in [-0.3, -0.25) is 9.59 Å². The van der Waals surface area contributed by atoms with Crippen LogP contribution >= 0.6 is 35.7 Å². The monoisotopic (exact) mass is 561 g/mol. The Morgan fingerprint density at radius 3 is 2.42 bits per heavy atom. The Labute approximate surface area is 207 Å².